The summed E-state index contributed by atoms with van der Waals surface area (Å²) in [6.45, 7) is 6.44. The van der Waals surface area contributed by atoms with Crippen molar-refractivity contribution in [1.82, 2.24) is 0 Å². The van der Waals surface area contributed by atoms with Gasteiger partial charge in [0.05, 0.1) is 0 Å². The lowest BCUT2D eigenvalue weighted by Gasteiger charge is -1.89. The molecule has 0 heterocycles. The number of phenolic OH excluding ortho intramolecular Hbond substituents is 1. The minimum Gasteiger partial charge on any atom is -0.508 e. The molecule has 1 nitrogen and oxygen atoms in total. The minimum atomic E-state index is 0.338. The third kappa shape index (κ3) is 7.90. The van der Waals surface area contributed by atoms with Crippen LogP contribution in [0.4, 0.5) is 0 Å². The molecule has 1 aromatic carbocycles. The Morgan fingerprint density at radius 3 is 2.08 bits per heavy atom. The summed E-state index contributed by atoms with van der Waals surface area (Å²) in [5.74, 6) is 0.338. The first-order valence-electron chi connectivity index (χ1n) is 4.78. The third-order valence-electron chi connectivity index (χ3n) is 1.58. The highest BCUT2D eigenvalue weighted by atomic mass is 27.1. The topological polar surface area (TPSA) is 20.2 Å². The molecule has 0 aromatic heterocycles. The number of benzene rings is 1. The predicted octanol–water partition coefficient (Wildman–Crippen LogP) is 3.27. The molecule has 0 bridgehead atoms. The van der Waals surface area contributed by atoms with Crippen molar-refractivity contribution in [3.63, 3.8) is 0 Å². The highest BCUT2D eigenvalue weighted by Gasteiger charge is 1.83. The molecule has 0 aliphatic rings. The Balaban J connectivity index is 0.000000252. The second-order valence-corrected chi connectivity index (χ2v) is 5.15. The van der Waals surface area contributed by atoms with Gasteiger partial charge in [-0.05, 0) is 24.6 Å². The van der Waals surface area contributed by atoms with Gasteiger partial charge in [-0.1, -0.05) is 26.0 Å². The van der Waals surface area contributed by atoms with Crippen molar-refractivity contribution >= 4 is 15.2 Å². The zero-order valence-electron chi connectivity index (χ0n) is 8.75. The van der Waals surface area contributed by atoms with Crippen LogP contribution >= 0.6 is 0 Å². The minimum absolute atomic E-state index is 0.338. The van der Waals surface area contributed by atoms with Gasteiger partial charge in [-0.3, -0.25) is 0 Å². The van der Waals surface area contributed by atoms with Crippen molar-refractivity contribution < 1.29 is 5.11 Å². The number of phenols is 1. The lowest BCUT2D eigenvalue weighted by molar-refractivity contribution is 0.475. The Bertz CT molecular complexity index is 204. The molecule has 0 amide bonds. The molecule has 0 spiro atoms. The van der Waals surface area contributed by atoms with Gasteiger partial charge < -0.3 is 5.11 Å². The molecule has 0 aliphatic carbocycles. The van der Waals surface area contributed by atoms with Gasteiger partial charge in [0, 0.05) is 0 Å². The molecular formula is C11H18AlO. The van der Waals surface area contributed by atoms with E-state index in [0.29, 0.717) is 5.75 Å². The second-order valence-electron chi connectivity index (χ2n) is 2.94. The maximum atomic E-state index is 8.81. The van der Waals surface area contributed by atoms with Crippen LogP contribution < -0.4 is 0 Å². The molecular weight excluding hydrogens is 175 g/mol. The Morgan fingerprint density at radius 1 is 1.23 bits per heavy atom. The quantitative estimate of drug-likeness (QED) is 0.715. The van der Waals surface area contributed by atoms with Crippen LogP contribution in [-0.2, 0) is 0 Å². The molecule has 0 aliphatic heterocycles. The Labute approximate surface area is 87.5 Å². The van der Waals surface area contributed by atoms with Gasteiger partial charge in [-0.25, -0.2) is 0 Å². The first-order chi connectivity index (χ1) is 6.20. The summed E-state index contributed by atoms with van der Waals surface area (Å²) in [5, 5.41) is 11.7. The summed E-state index contributed by atoms with van der Waals surface area (Å²) < 4.78 is 0. The maximum Gasteiger partial charge on any atom is 0.198 e. The average Bonchev–Trinajstić information content (AvgIpc) is 2.06. The molecule has 13 heavy (non-hydrogen) atoms. The summed E-state index contributed by atoms with van der Waals surface area (Å²) in [4.78, 5) is 0. The fourth-order valence-electron chi connectivity index (χ4n) is 0.917. The maximum absolute atomic E-state index is 8.81. The van der Waals surface area contributed by atoms with Gasteiger partial charge >= 0.3 is 0 Å². The van der Waals surface area contributed by atoms with Crippen LogP contribution in [0.3, 0.4) is 0 Å². The molecule has 1 N–H and O–H groups in total. The highest BCUT2D eigenvalue weighted by Crippen LogP contribution is 2.08. The van der Waals surface area contributed by atoms with Gasteiger partial charge in [0.1, 0.15) is 5.75 Å². The highest BCUT2D eigenvalue weighted by molar-refractivity contribution is 6.34. The van der Waals surface area contributed by atoms with Crippen molar-refractivity contribution in [2.75, 3.05) is 0 Å². The summed E-state index contributed by atoms with van der Waals surface area (Å²) in [7, 11) is 0. The van der Waals surface area contributed by atoms with E-state index >= 15 is 0 Å². The van der Waals surface area contributed by atoms with Crippen LogP contribution in [0, 0.1) is 6.92 Å². The lowest BCUT2D eigenvalue weighted by Crippen LogP contribution is -1.76. The first kappa shape index (κ1) is 12.6. The Hall–Kier alpha value is -0.448. The van der Waals surface area contributed by atoms with E-state index in [0.717, 1.165) is 20.8 Å². The molecule has 0 saturated carbocycles. The first-order valence-corrected chi connectivity index (χ1v) is 6.41. The summed E-state index contributed by atoms with van der Waals surface area (Å²) in [5.41, 5.74) is 1.09. The molecule has 0 atom stereocenters. The summed E-state index contributed by atoms with van der Waals surface area (Å²) in [6, 6.07) is 7.15. The van der Waals surface area contributed by atoms with E-state index in [1.165, 1.54) is 10.6 Å². The number of rotatable bonds is 2. The predicted molar refractivity (Wildman–Crippen MR) is 59.6 cm³/mol. The normalized spacial score (nSPS) is 8.54. The monoisotopic (exact) mass is 193 g/mol. The van der Waals surface area contributed by atoms with E-state index in [9.17, 15) is 0 Å². The van der Waals surface area contributed by atoms with Crippen LogP contribution in [-0.4, -0.2) is 20.3 Å². The van der Waals surface area contributed by atoms with Crippen LogP contribution in [0.15, 0.2) is 24.3 Å². The van der Waals surface area contributed by atoms with E-state index in [2.05, 4.69) is 13.8 Å². The van der Waals surface area contributed by atoms with E-state index in [-0.39, 0.29) is 0 Å². The summed E-state index contributed by atoms with van der Waals surface area (Å²) in [6.07, 6.45) is 0. The lowest BCUT2D eigenvalue weighted by atomic mass is 10.2. The van der Waals surface area contributed by atoms with E-state index in [1.54, 1.807) is 12.1 Å². The number of hydrogen-bond donors (Lipinski definition) is 1. The molecule has 2 heteroatoms. The third-order valence-corrected chi connectivity index (χ3v) is 2.73. The van der Waals surface area contributed by atoms with Crippen LogP contribution in [0.5, 0.6) is 5.75 Å². The van der Waals surface area contributed by atoms with Crippen LogP contribution in [0.2, 0.25) is 10.6 Å². The molecule has 0 fully saturated rings. The fourth-order valence-corrected chi connectivity index (χ4v) is 1.49. The largest absolute Gasteiger partial charge is 0.508 e. The number of aryl methyl sites for hydroxylation is 1. The molecule has 0 saturated heterocycles. The van der Waals surface area contributed by atoms with Crippen molar-refractivity contribution in [1.29, 1.82) is 0 Å². The van der Waals surface area contributed by atoms with Crippen molar-refractivity contribution in [3.8, 4) is 5.75 Å². The van der Waals surface area contributed by atoms with Gasteiger partial charge in [0.25, 0.3) is 0 Å². The van der Waals surface area contributed by atoms with Crippen LogP contribution in [0.1, 0.15) is 19.4 Å². The Kier molecular flexibility index (Phi) is 7.88. The standard InChI is InChI=1S/C7H8O.2C2H5.Al/c1-6-3-2-4-7(8)5-6;2*1-2;/h2-5,8H,1H3;2*1H2,2H3;. The van der Waals surface area contributed by atoms with E-state index in [4.69, 9.17) is 5.11 Å². The van der Waals surface area contributed by atoms with E-state index < -0.39 is 0 Å². The number of hydrogen-bond acceptors (Lipinski definition) is 1. The zero-order valence-corrected chi connectivity index (χ0v) is 9.90. The van der Waals surface area contributed by atoms with E-state index in [1.807, 2.05) is 19.1 Å². The Morgan fingerprint density at radius 2 is 1.85 bits per heavy atom. The van der Waals surface area contributed by atoms with Crippen molar-refractivity contribution in [2.24, 2.45) is 0 Å². The molecule has 1 rings (SSSR count). The molecule has 1 aromatic rings. The summed E-state index contributed by atoms with van der Waals surface area (Å²) >= 11 is 0.815. The SMILES string of the molecule is C[CH2][Al][CH2]C.Cc1cccc(O)c1. The fraction of sp³-hybridized carbons (Fsp3) is 0.455. The zero-order chi connectivity index (χ0) is 10.1. The molecule has 1 radical (unpaired) electrons. The second kappa shape index (κ2) is 8.16. The van der Waals surface area contributed by atoms with Gasteiger partial charge in [0.15, 0.2) is 15.2 Å². The smallest absolute Gasteiger partial charge is 0.198 e. The van der Waals surface area contributed by atoms with Gasteiger partial charge in [0.2, 0.25) is 0 Å². The van der Waals surface area contributed by atoms with Crippen LogP contribution in [0.25, 0.3) is 0 Å². The number of aromatic hydroxyl groups is 1. The molecule has 71 valence electrons. The van der Waals surface area contributed by atoms with Gasteiger partial charge in [-0.15, -0.1) is 10.6 Å². The van der Waals surface area contributed by atoms with Gasteiger partial charge in [-0.2, -0.15) is 0 Å². The van der Waals surface area contributed by atoms with Crippen molar-refractivity contribution in [2.45, 2.75) is 31.3 Å². The van der Waals surface area contributed by atoms with Crippen molar-refractivity contribution in [3.05, 3.63) is 29.8 Å². The molecule has 0 unspecified atom stereocenters. The average molecular weight is 193 g/mol.